The van der Waals surface area contributed by atoms with Crippen LogP contribution in [0.5, 0.6) is 0 Å². The average molecular weight is 466 g/mol. The molecule has 6 nitrogen and oxygen atoms in total. The highest BCUT2D eigenvalue weighted by Crippen LogP contribution is 2.29. The zero-order valence-corrected chi connectivity index (χ0v) is 19.9. The molecule has 2 aromatic rings. The quantitative estimate of drug-likeness (QED) is 0.485. The maximum atomic E-state index is 12.8. The minimum Gasteiger partial charge on any atom is -0.466 e. The summed E-state index contributed by atoms with van der Waals surface area (Å²) in [6.07, 6.45) is 5.02. The number of hydrogen-bond acceptors (Lipinski definition) is 6. The summed E-state index contributed by atoms with van der Waals surface area (Å²) < 4.78 is 5.10. The minimum absolute atomic E-state index is 0.127. The summed E-state index contributed by atoms with van der Waals surface area (Å²) in [7, 11) is 0. The molecule has 4 rings (SSSR count). The summed E-state index contributed by atoms with van der Waals surface area (Å²) in [5.41, 5.74) is 4.82. The van der Waals surface area contributed by atoms with Crippen LogP contribution >= 0.6 is 11.8 Å². The number of nitrogens with one attached hydrogen (secondary N) is 1. The molecule has 1 saturated heterocycles. The maximum absolute atomic E-state index is 12.8. The topological polar surface area (TPSA) is 71.0 Å². The molecule has 0 bridgehead atoms. The SMILES string of the molecule is CCOC(=O)CC1CCc2ccc(C(=O)Nc3ccc(/C=N/N4CCSCC4)cc3)cc2C1. The molecule has 1 aliphatic carbocycles. The van der Waals surface area contributed by atoms with E-state index in [4.69, 9.17) is 4.74 Å². The number of esters is 1. The molecule has 33 heavy (non-hydrogen) atoms. The van der Waals surface area contributed by atoms with E-state index in [0.717, 1.165) is 60.7 Å². The van der Waals surface area contributed by atoms with Gasteiger partial charge in [-0.25, -0.2) is 0 Å². The van der Waals surface area contributed by atoms with E-state index in [-0.39, 0.29) is 17.8 Å². The maximum Gasteiger partial charge on any atom is 0.306 e. The third-order valence-corrected chi connectivity index (χ3v) is 7.03. The van der Waals surface area contributed by atoms with Crippen molar-refractivity contribution in [2.75, 3.05) is 36.5 Å². The number of hydrogen-bond donors (Lipinski definition) is 1. The second-order valence-electron chi connectivity index (χ2n) is 8.49. The number of rotatable bonds is 7. The van der Waals surface area contributed by atoms with Crippen LogP contribution in [0.4, 0.5) is 5.69 Å². The Morgan fingerprint density at radius 2 is 1.94 bits per heavy atom. The molecule has 0 aromatic heterocycles. The number of nitrogens with zero attached hydrogens (tertiary/aromatic N) is 2. The standard InChI is InChI=1S/C26H31N3O3S/c1-2-32-25(30)16-20-3-6-21-7-8-22(17-23(21)15-20)26(31)28-24-9-4-19(5-10-24)18-27-29-11-13-33-14-12-29/h4-5,7-10,17-18,20H,2-3,6,11-16H2,1H3,(H,28,31)/b27-18+. The number of ether oxygens (including phenoxy) is 1. The predicted octanol–water partition coefficient (Wildman–Crippen LogP) is 4.38. The molecule has 0 saturated carbocycles. The smallest absolute Gasteiger partial charge is 0.306 e. The first kappa shape index (κ1) is 23.4. The van der Waals surface area contributed by atoms with Gasteiger partial charge >= 0.3 is 5.97 Å². The molecule has 2 aliphatic rings. The fourth-order valence-electron chi connectivity index (χ4n) is 4.28. The lowest BCUT2D eigenvalue weighted by molar-refractivity contribution is -0.144. The average Bonchev–Trinajstić information content (AvgIpc) is 2.84. The van der Waals surface area contributed by atoms with Crippen molar-refractivity contribution < 1.29 is 14.3 Å². The largest absolute Gasteiger partial charge is 0.466 e. The molecular formula is C26H31N3O3S. The van der Waals surface area contributed by atoms with Gasteiger partial charge in [-0.2, -0.15) is 16.9 Å². The number of anilines is 1. The third kappa shape index (κ3) is 6.60. The molecule has 1 atom stereocenters. The Kier molecular flexibility index (Phi) is 8.05. The van der Waals surface area contributed by atoms with E-state index in [2.05, 4.69) is 15.4 Å². The van der Waals surface area contributed by atoms with Crippen molar-refractivity contribution in [1.29, 1.82) is 0 Å². The van der Waals surface area contributed by atoms with Crippen molar-refractivity contribution in [2.24, 2.45) is 11.0 Å². The number of hydrazone groups is 1. The van der Waals surface area contributed by atoms with E-state index in [1.807, 2.05) is 67.4 Å². The number of thioether (sulfide) groups is 1. The zero-order valence-electron chi connectivity index (χ0n) is 19.1. The van der Waals surface area contributed by atoms with E-state index in [1.54, 1.807) is 0 Å². The fourth-order valence-corrected chi connectivity index (χ4v) is 5.16. The van der Waals surface area contributed by atoms with Crippen LogP contribution in [-0.4, -0.2) is 54.3 Å². The number of fused-ring (bicyclic) bond motifs is 1. The van der Waals surface area contributed by atoms with Crippen molar-refractivity contribution in [3.05, 3.63) is 64.7 Å². The van der Waals surface area contributed by atoms with E-state index in [1.165, 1.54) is 5.56 Å². The van der Waals surface area contributed by atoms with Crippen LogP contribution in [0.3, 0.4) is 0 Å². The Hall–Kier alpha value is -2.80. The molecule has 1 unspecified atom stereocenters. The third-order valence-electron chi connectivity index (χ3n) is 6.09. The van der Waals surface area contributed by atoms with E-state index < -0.39 is 0 Å². The number of carbonyl (C=O) groups excluding carboxylic acids is 2. The Labute approximate surface area is 199 Å². The second-order valence-corrected chi connectivity index (χ2v) is 9.71. The summed E-state index contributed by atoms with van der Waals surface area (Å²) in [5, 5.41) is 9.63. The highest BCUT2D eigenvalue weighted by atomic mass is 32.2. The first-order valence-electron chi connectivity index (χ1n) is 11.7. The first-order valence-corrected chi connectivity index (χ1v) is 12.8. The van der Waals surface area contributed by atoms with Crippen LogP contribution in [0, 0.1) is 5.92 Å². The van der Waals surface area contributed by atoms with Crippen LogP contribution in [0.25, 0.3) is 0 Å². The Balaban J connectivity index is 1.35. The van der Waals surface area contributed by atoms with Crippen LogP contribution in [0.2, 0.25) is 0 Å². The molecule has 2 aromatic carbocycles. The van der Waals surface area contributed by atoms with Gasteiger partial charge in [0.2, 0.25) is 0 Å². The second kappa shape index (κ2) is 11.4. The molecular weight excluding hydrogens is 434 g/mol. The summed E-state index contributed by atoms with van der Waals surface area (Å²) >= 11 is 1.96. The monoisotopic (exact) mass is 465 g/mol. The van der Waals surface area contributed by atoms with Gasteiger partial charge < -0.3 is 10.1 Å². The first-order chi connectivity index (χ1) is 16.1. The summed E-state index contributed by atoms with van der Waals surface area (Å²) in [6.45, 7) is 4.21. The number of aryl methyl sites for hydroxylation is 1. The van der Waals surface area contributed by atoms with Gasteiger partial charge in [0.05, 0.1) is 12.8 Å². The number of benzene rings is 2. The van der Waals surface area contributed by atoms with Gasteiger partial charge in [0, 0.05) is 42.3 Å². The van der Waals surface area contributed by atoms with Gasteiger partial charge in [-0.15, -0.1) is 0 Å². The van der Waals surface area contributed by atoms with Gasteiger partial charge in [-0.1, -0.05) is 18.2 Å². The van der Waals surface area contributed by atoms with Gasteiger partial charge in [0.25, 0.3) is 5.91 Å². The van der Waals surface area contributed by atoms with Gasteiger partial charge in [0.1, 0.15) is 0 Å². The lowest BCUT2D eigenvalue weighted by Crippen LogP contribution is -2.27. The van der Waals surface area contributed by atoms with E-state index >= 15 is 0 Å². The molecule has 1 aliphatic heterocycles. The predicted molar refractivity (Wildman–Crippen MR) is 134 cm³/mol. The van der Waals surface area contributed by atoms with E-state index in [0.29, 0.717) is 18.6 Å². The highest BCUT2D eigenvalue weighted by Gasteiger charge is 2.22. The Morgan fingerprint density at radius 1 is 1.15 bits per heavy atom. The van der Waals surface area contributed by atoms with Crippen molar-refractivity contribution in [3.63, 3.8) is 0 Å². The summed E-state index contributed by atoms with van der Waals surface area (Å²) in [6, 6.07) is 13.6. The molecule has 1 fully saturated rings. The van der Waals surface area contributed by atoms with Crippen molar-refractivity contribution in [3.8, 4) is 0 Å². The lowest BCUT2D eigenvalue weighted by Gasteiger charge is -2.24. The Morgan fingerprint density at radius 3 is 2.70 bits per heavy atom. The van der Waals surface area contributed by atoms with Gasteiger partial charge in [0.15, 0.2) is 0 Å². The van der Waals surface area contributed by atoms with Crippen LogP contribution in [0.15, 0.2) is 47.6 Å². The normalized spacial score (nSPS) is 18.1. The summed E-state index contributed by atoms with van der Waals surface area (Å²) in [4.78, 5) is 24.7. The van der Waals surface area contributed by atoms with Gasteiger partial charge in [-0.3, -0.25) is 14.6 Å². The van der Waals surface area contributed by atoms with Gasteiger partial charge in [-0.05, 0) is 73.1 Å². The molecule has 0 spiro atoms. The zero-order chi connectivity index (χ0) is 23.0. The van der Waals surface area contributed by atoms with Crippen LogP contribution in [0.1, 0.15) is 46.8 Å². The fraction of sp³-hybridized carbons (Fsp3) is 0.423. The van der Waals surface area contributed by atoms with Crippen LogP contribution in [-0.2, 0) is 22.4 Å². The molecule has 0 radical (unpaired) electrons. The highest BCUT2D eigenvalue weighted by molar-refractivity contribution is 7.99. The number of amides is 1. The van der Waals surface area contributed by atoms with Crippen LogP contribution < -0.4 is 5.32 Å². The lowest BCUT2D eigenvalue weighted by atomic mass is 9.81. The minimum atomic E-state index is -0.136. The Bertz CT molecular complexity index is 1000. The van der Waals surface area contributed by atoms with Crippen molar-refractivity contribution >= 4 is 35.5 Å². The summed E-state index contributed by atoms with van der Waals surface area (Å²) in [5.74, 6) is 2.25. The number of carbonyl (C=O) groups is 2. The van der Waals surface area contributed by atoms with Crippen molar-refractivity contribution in [2.45, 2.75) is 32.6 Å². The molecule has 1 heterocycles. The molecule has 174 valence electrons. The molecule has 1 N–H and O–H groups in total. The molecule has 1 amide bonds. The van der Waals surface area contributed by atoms with Crippen molar-refractivity contribution in [1.82, 2.24) is 5.01 Å². The molecule has 7 heteroatoms. The van der Waals surface area contributed by atoms with E-state index in [9.17, 15) is 9.59 Å².